The summed E-state index contributed by atoms with van der Waals surface area (Å²) in [7, 11) is 0. The van der Waals surface area contributed by atoms with Crippen LogP contribution in [0.25, 0.3) is 0 Å². The third-order valence-corrected chi connectivity index (χ3v) is 6.24. The zero-order valence-corrected chi connectivity index (χ0v) is 19.0. The van der Waals surface area contributed by atoms with Crippen molar-refractivity contribution >= 4 is 11.7 Å². The van der Waals surface area contributed by atoms with Crippen LogP contribution < -0.4 is 14.8 Å². The summed E-state index contributed by atoms with van der Waals surface area (Å²) in [5.41, 5.74) is 0.984. The first-order chi connectivity index (χ1) is 16.5. The lowest BCUT2D eigenvalue weighted by Gasteiger charge is -2.29. The number of nitrogens with one attached hydrogen (secondary N) is 1. The van der Waals surface area contributed by atoms with E-state index in [1.54, 1.807) is 42.5 Å². The van der Waals surface area contributed by atoms with E-state index in [1.165, 1.54) is 0 Å². The minimum atomic E-state index is -1.03. The standard InChI is InChI=1S/C26H30N2O6/c1-17(24(30)20-7-3-2-6-19(20)16-29)26(32)27-21(15-28-10-4-5-11-28)25(31)18-8-9-22-23(14-18)34-13-12-33-22/h2-3,6-9,14,21,25,29,31H,1,4-5,10-13,15-16H2,(H,27,32). The number of nitrogens with zero attached hydrogens (tertiary/aromatic N) is 1. The molecule has 1 fully saturated rings. The molecule has 2 unspecified atom stereocenters. The van der Waals surface area contributed by atoms with E-state index in [2.05, 4.69) is 16.8 Å². The Bertz CT molecular complexity index is 1060. The molecule has 0 aromatic heterocycles. The van der Waals surface area contributed by atoms with Gasteiger partial charge in [-0.1, -0.05) is 36.9 Å². The van der Waals surface area contributed by atoms with E-state index < -0.39 is 23.8 Å². The Kier molecular flexibility index (Phi) is 7.62. The molecule has 0 radical (unpaired) electrons. The van der Waals surface area contributed by atoms with Crippen molar-refractivity contribution in [1.82, 2.24) is 10.2 Å². The fourth-order valence-corrected chi connectivity index (χ4v) is 4.34. The normalized spacial score (nSPS) is 17.1. The minimum Gasteiger partial charge on any atom is -0.486 e. The van der Waals surface area contributed by atoms with Gasteiger partial charge in [-0.15, -0.1) is 0 Å². The van der Waals surface area contributed by atoms with Gasteiger partial charge in [0.1, 0.15) is 19.3 Å². The van der Waals surface area contributed by atoms with Crippen molar-refractivity contribution in [2.75, 3.05) is 32.8 Å². The maximum atomic E-state index is 13.0. The van der Waals surface area contributed by atoms with E-state index in [0.717, 1.165) is 25.9 Å². The van der Waals surface area contributed by atoms with Crippen LogP contribution in [0, 0.1) is 0 Å². The molecule has 2 aromatic rings. The van der Waals surface area contributed by atoms with E-state index in [1.807, 2.05) is 0 Å². The van der Waals surface area contributed by atoms with Crippen molar-refractivity contribution in [3.05, 3.63) is 71.3 Å². The smallest absolute Gasteiger partial charge is 0.255 e. The number of aliphatic hydroxyl groups is 2. The van der Waals surface area contributed by atoms with E-state index >= 15 is 0 Å². The molecule has 8 nitrogen and oxygen atoms in total. The van der Waals surface area contributed by atoms with Gasteiger partial charge in [0.05, 0.1) is 18.2 Å². The summed E-state index contributed by atoms with van der Waals surface area (Å²) >= 11 is 0. The molecule has 180 valence electrons. The summed E-state index contributed by atoms with van der Waals surface area (Å²) in [5, 5.41) is 23.6. The van der Waals surface area contributed by atoms with Crippen molar-refractivity contribution in [1.29, 1.82) is 0 Å². The highest BCUT2D eigenvalue weighted by Gasteiger charge is 2.30. The van der Waals surface area contributed by atoms with Crippen LogP contribution in [0.5, 0.6) is 11.5 Å². The van der Waals surface area contributed by atoms with Crippen molar-refractivity contribution in [3.8, 4) is 11.5 Å². The molecule has 34 heavy (non-hydrogen) atoms. The van der Waals surface area contributed by atoms with E-state index in [4.69, 9.17) is 9.47 Å². The fourth-order valence-electron chi connectivity index (χ4n) is 4.34. The molecule has 0 bridgehead atoms. The first-order valence-electron chi connectivity index (χ1n) is 11.5. The number of ether oxygens (including phenoxy) is 2. The fraction of sp³-hybridized carbons (Fsp3) is 0.385. The second-order valence-corrected chi connectivity index (χ2v) is 8.56. The summed E-state index contributed by atoms with van der Waals surface area (Å²) in [6.07, 6.45) is 1.08. The number of likely N-dealkylation sites (tertiary alicyclic amines) is 1. The lowest BCUT2D eigenvalue weighted by molar-refractivity contribution is -0.118. The number of carbonyl (C=O) groups excluding carboxylic acids is 2. The molecule has 0 aliphatic carbocycles. The molecule has 3 N–H and O–H groups in total. The second-order valence-electron chi connectivity index (χ2n) is 8.56. The number of amides is 1. The zero-order valence-electron chi connectivity index (χ0n) is 19.0. The van der Waals surface area contributed by atoms with E-state index in [-0.39, 0.29) is 17.7 Å². The predicted octanol–water partition coefficient (Wildman–Crippen LogP) is 2.00. The number of hydrogen-bond donors (Lipinski definition) is 3. The van der Waals surface area contributed by atoms with Gasteiger partial charge in [0.25, 0.3) is 5.91 Å². The first-order valence-corrected chi connectivity index (χ1v) is 11.5. The Labute approximate surface area is 198 Å². The minimum absolute atomic E-state index is 0.230. The van der Waals surface area contributed by atoms with Crippen LogP contribution >= 0.6 is 0 Å². The third-order valence-electron chi connectivity index (χ3n) is 6.24. The molecule has 1 saturated heterocycles. The Morgan fingerprint density at radius 1 is 1.06 bits per heavy atom. The number of aliphatic hydroxyl groups excluding tert-OH is 2. The van der Waals surface area contributed by atoms with Gasteiger partial charge in [-0.2, -0.15) is 0 Å². The van der Waals surface area contributed by atoms with Crippen molar-refractivity contribution in [2.45, 2.75) is 31.6 Å². The van der Waals surface area contributed by atoms with Crippen LogP contribution in [0.1, 0.15) is 40.4 Å². The van der Waals surface area contributed by atoms with Crippen LogP contribution in [0.4, 0.5) is 0 Å². The van der Waals surface area contributed by atoms with Crippen molar-refractivity contribution in [3.63, 3.8) is 0 Å². The second kappa shape index (κ2) is 10.8. The van der Waals surface area contributed by atoms with Gasteiger partial charge in [0.15, 0.2) is 17.3 Å². The number of Topliss-reactive ketones (excluding diaryl/α,β-unsaturated/α-hetero) is 1. The molecule has 2 aromatic carbocycles. The van der Waals surface area contributed by atoms with E-state index in [0.29, 0.717) is 42.4 Å². The highest BCUT2D eigenvalue weighted by Crippen LogP contribution is 2.33. The van der Waals surface area contributed by atoms with Gasteiger partial charge in [0, 0.05) is 12.1 Å². The molecule has 2 aliphatic heterocycles. The Morgan fingerprint density at radius 2 is 1.76 bits per heavy atom. The number of hydrogen-bond acceptors (Lipinski definition) is 7. The summed E-state index contributed by atoms with van der Waals surface area (Å²) in [5.74, 6) is -0.0486. The summed E-state index contributed by atoms with van der Waals surface area (Å²) in [6, 6.07) is 11.1. The maximum absolute atomic E-state index is 13.0. The summed E-state index contributed by atoms with van der Waals surface area (Å²) in [4.78, 5) is 28.1. The number of rotatable bonds is 9. The van der Waals surface area contributed by atoms with Gasteiger partial charge in [-0.25, -0.2) is 0 Å². The summed E-state index contributed by atoms with van der Waals surface area (Å²) in [6.45, 7) is 6.47. The molecule has 2 atom stereocenters. The van der Waals surface area contributed by atoms with Gasteiger partial charge in [-0.05, 0) is 49.2 Å². The van der Waals surface area contributed by atoms with Crippen LogP contribution in [0.15, 0.2) is 54.6 Å². The van der Waals surface area contributed by atoms with Crippen LogP contribution in [-0.4, -0.2) is 65.7 Å². The van der Waals surface area contributed by atoms with Crippen LogP contribution in [0.3, 0.4) is 0 Å². The highest BCUT2D eigenvalue weighted by atomic mass is 16.6. The number of benzene rings is 2. The van der Waals surface area contributed by atoms with Gasteiger partial charge >= 0.3 is 0 Å². The van der Waals surface area contributed by atoms with Crippen molar-refractivity contribution < 1.29 is 29.3 Å². The van der Waals surface area contributed by atoms with Crippen LogP contribution in [-0.2, 0) is 11.4 Å². The largest absolute Gasteiger partial charge is 0.486 e. The number of fused-ring (bicyclic) bond motifs is 1. The molecular weight excluding hydrogens is 436 g/mol. The highest BCUT2D eigenvalue weighted by molar-refractivity contribution is 6.25. The monoisotopic (exact) mass is 466 g/mol. The average molecular weight is 467 g/mol. The Balaban J connectivity index is 1.52. The molecule has 2 aliphatic rings. The third kappa shape index (κ3) is 5.30. The molecule has 0 spiro atoms. The molecule has 1 amide bonds. The SMILES string of the molecule is C=C(C(=O)NC(CN1CCCC1)C(O)c1ccc2c(c1)OCCO2)C(=O)c1ccccc1CO. The Hall–Kier alpha value is -3.20. The maximum Gasteiger partial charge on any atom is 0.255 e. The lowest BCUT2D eigenvalue weighted by Crippen LogP contribution is -2.47. The topological polar surface area (TPSA) is 108 Å². The van der Waals surface area contributed by atoms with Gasteiger partial charge in [0.2, 0.25) is 0 Å². The first kappa shape index (κ1) is 23.9. The molecule has 4 rings (SSSR count). The zero-order chi connectivity index (χ0) is 24.1. The summed E-state index contributed by atoms with van der Waals surface area (Å²) < 4.78 is 11.2. The van der Waals surface area contributed by atoms with Crippen LogP contribution in [0.2, 0.25) is 0 Å². The molecule has 2 heterocycles. The van der Waals surface area contributed by atoms with Gasteiger partial charge < -0.3 is 29.9 Å². The number of carbonyl (C=O) groups is 2. The quantitative estimate of drug-likeness (QED) is 0.225. The lowest BCUT2D eigenvalue weighted by atomic mass is 9.97. The van der Waals surface area contributed by atoms with Gasteiger partial charge in [-0.3, -0.25) is 9.59 Å². The molecular formula is C26H30N2O6. The predicted molar refractivity (Wildman–Crippen MR) is 126 cm³/mol. The van der Waals surface area contributed by atoms with E-state index in [9.17, 15) is 19.8 Å². The Morgan fingerprint density at radius 3 is 2.50 bits per heavy atom. The average Bonchev–Trinajstić information content (AvgIpc) is 3.39. The molecule has 0 saturated carbocycles. The van der Waals surface area contributed by atoms with Crippen molar-refractivity contribution in [2.24, 2.45) is 0 Å². The molecule has 8 heteroatoms. The number of ketones is 1.